The van der Waals surface area contributed by atoms with Crippen LogP contribution in [0.3, 0.4) is 0 Å². The number of nitrogens with zero attached hydrogens (tertiary/aromatic N) is 1. The first-order valence-corrected chi connectivity index (χ1v) is 5.91. The molecule has 0 aliphatic heterocycles. The van der Waals surface area contributed by atoms with Crippen LogP contribution in [-0.2, 0) is 9.53 Å². The standard InChI is InChI=1S/C15H17NO3/c1-11(9-19-10-16)5-6-15(18)12(2)7-13(17)8-14(15,3)4/h7,9,18H,8H2,1-4H3/b11-9-. The smallest absolute Gasteiger partial charge is 0.291 e. The first kappa shape index (κ1) is 15.0. The van der Waals surface area contributed by atoms with Gasteiger partial charge in [-0.15, -0.1) is 5.26 Å². The van der Waals surface area contributed by atoms with Gasteiger partial charge in [-0.3, -0.25) is 4.79 Å². The minimum Gasteiger partial charge on any atom is -0.395 e. The molecule has 0 heterocycles. The average Bonchev–Trinajstić information content (AvgIpc) is 2.30. The minimum atomic E-state index is -1.36. The highest BCUT2D eigenvalue weighted by atomic mass is 16.5. The summed E-state index contributed by atoms with van der Waals surface area (Å²) in [6.07, 6.45) is 4.41. The van der Waals surface area contributed by atoms with Gasteiger partial charge >= 0.3 is 0 Å². The van der Waals surface area contributed by atoms with Crippen LogP contribution in [0.15, 0.2) is 23.5 Å². The fourth-order valence-corrected chi connectivity index (χ4v) is 2.10. The average molecular weight is 259 g/mol. The Kier molecular flexibility index (Phi) is 4.19. The summed E-state index contributed by atoms with van der Waals surface area (Å²) < 4.78 is 4.45. The molecule has 1 unspecified atom stereocenters. The first-order valence-electron chi connectivity index (χ1n) is 5.91. The molecule has 0 spiro atoms. The molecule has 4 heteroatoms. The van der Waals surface area contributed by atoms with Gasteiger partial charge in [-0.1, -0.05) is 25.7 Å². The zero-order valence-corrected chi connectivity index (χ0v) is 11.6. The van der Waals surface area contributed by atoms with E-state index in [4.69, 9.17) is 5.26 Å². The van der Waals surface area contributed by atoms with E-state index in [2.05, 4.69) is 16.6 Å². The van der Waals surface area contributed by atoms with Crippen LogP contribution < -0.4 is 0 Å². The molecule has 19 heavy (non-hydrogen) atoms. The number of carbonyl (C=O) groups excluding carboxylic acids is 1. The maximum atomic E-state index is 11.6. The van der Waals surface area contributed by atoms with Crippen molar-refractivity contribution in [2.24, 2.45) is 5.41 Å². The Hall–Kier alpha value is -2.04. The van der Waals surface area contributed by atoms with E-state index in [-0.39, 0.29) is 12.2 Å². The second-order valence-electron chi connectivity index (χ2n) is 5.32. The largest absolute Gasteiger partial charge is 0.395 e. The van der Waals surface area contributed by atoms with Crippen LogP contribution in [0, 0.1) is 28.8 Å². The molecular formula is C15H17NO3. The minimum absolute atomic E-state index is 0.00551. The summed E-state index contributed by atoms with van der Waals surface area (Å²) in [7, 11) is 0. The van der Waals surface area contributed by atoms with E-state index in [9.17, 15) is 9.90 Å². The fraction of sp³-hybridized carbons (Fsp3) is 0.467. The summed E-state index contributed by atoms with van der Waals surface area (Å²) >= 11 is 0. The number of allylic oxidation sites excluding steroid dienone is 2. The first-order chi connectivity index (χ1) is 8.73. The van der Waals surface area contributed by atoms with Crippen LogP contribution in [0.2, 0.25) is 0 Å². The zero-order chi connectivity index (χ0) is 14.7. The van der Waals surface area contributed by atoms with Gasteiger partial charge in [0, 0.05) is 17.4 Å². The number of hydrogen-bond donors (Lipinski definition) is 1. The van der Waals surface area contributed by atoms with Crippen molar-refractivity contribution in [3.05, 3.63) is 23.5 Å². The highest BCUT2D eigenvalue weighted by Crippen LogP contribution is 2.42. The third kappa shape index (κ3) is 3.05. The Balaban J connectivity index is 3.17. The summed E-state index contributed by atoms with van der Waals surface area (Å²) in [5.41, 5.74) is -0.958. The van der Waals surface area contributed by atoms with Crippen LogP contribution in [0.4, 0.5) is 0 Å². The van der Waals surface area contributed by atoms with Gasteiger partial charge in [0.1, 0.15) is 6.26 Å². The second kappa shape index (κ2) is 5.30. The maximum Gasteiger partial charge on any atom is 0.291 e. The molecule has 1 atom stereocenters. The Morgan fingerprint density at radius 2 is 2.21 bits per heavy atom. The van der Waals surface area contributed by atoms with Crippen molar-refractivity contribution >= 4 is 5.78 Å². The molecule has 0 amide bonds. The summed E-state index contributed by atoms with van der Waals surface area (Å²) in [6.45, 7) is 6.98. The number of ketones is 1. The third-order valence-corrected chi connectivity index (χ3v) is 3.27. The van der Waals surface area contributed by atoms with Crippen molar-refractivity contribution in [1.82, 2.24) is 0 Å². The SMILES string of the molecule is CC1=CC(=O)CC(C)(C)C1(O)C#C/C(C)=C\OC#N. The van der Waals surface area contributed by atoms with Crippen LogP contribution in [0.5, 0.6) is 0 Å². The number of ether oxygens (including phenoxy) is 1. The van der Waals surface area contributed by atoms with E-state index in [1.54, 1.807) is 27.7 Å². The van der Waals surface area contributed by atoms with Gasteiger partial charge in [-0.25, -0.2) is 0 Å². The van der Waals surface area contributed by atoms with E-state index in [0.29, 0.717) is 11.1 Å². The number of rotatable bonds is 1. The Morgan fingerprint density at radius 3 is 2.74 bits per heavy atom. The molecule has 0 aromatic carbocycles. The number of aliphatic hydroxyl groups is 1. The molecule has 1 rings (SSSR count). The van der Waals surface area contributed by atoms with E-state index < -0.39 is 11.0 Å². The lowest BCUT2D eigenvalue weighted by Crippen LogP contribution is -2.48. The summed E-state index contributed by atoms with van der Waals surface area (Å²) in [5, 5.41) is 19.0. The van der Waals surface area contributed by atoms with Crippen LogP contribution >= 0.6 is 0 Å². The van der Waals surface area contributed by atoms with E-state index in [0.717, 1.165) is 0 Å². The second-order valence-corrected chi connectivity index (χ2v) is 5.32. The predicted molar refractivity (Wildman–Crippen MR) is 70.3 cm³/mol. The van der Waals surface area contributed by atoms with Crippen molar-refractivity contribution in [3.63, 3.8) is 0 Å². The van der Waals surface area contributed by atoms with Crippen molar-refractivity contribution in [3.8, 4) is 18.1 Å². The summed E-state index contributed by atoms with van der Waals surface area (Å²) in [5.74, 6) is 5.55. The molecule has 0 aromatic rings. The van der Waals surface area contributed by atoms with Crippen molar-refractivity contribution in [1.29, 1.82) is 5.26 Å². The molecule has 1 N–H and O–H groups in total. The van der Waals surface area contributed by atoms with Crippen molar-refractivity contribution < 1.29 is 14.6 Å². The maximum absolute atomic E-state index is 11.6. The molecule has 0 radical (unpaired) electrons. The molecular weight excluding hydrogens is 242 g/mol. The molecule has 0 aromatic heterocycles. The van der Waals surface area contributed by atoms with Gasteiger partial charge in [-0.2, -0.15) is 0 Å². The van der Waals surface area contributed by atoms with E-state index >= 15 is 0 Å². The fourth-order valence-electron chi connectivity index (χ4n) is 2.10. The zero-order valence-electron chi connectivity index (χ0n) is 11.6. The molecule has 1 aliphatic rings. The Morgan fingerprint density at radius 1 is 1.58 bits per heavy atom. The van der Waals surface area contributed by atoms with Gasteiger partial charge in [0.25, 0.3) is 6.26 Å². The molecule has 0 bridgehead atoms. The molecule has 4 nitrogen and oxygen atoms in total. The van der Waals surface area contributed by atoms with Crippen LogP contribution in [-0.4, -0.2) is 16.5 Å². The molecule has 1 aliphatic carbocycles. The monoisotopic (exact) mass is 259 g/mol. The number of nitriles is 1. The lowest BCUT2D eigenvalue weighted by atomic mass is 9.65. The molecule has 0 saturated carbocycles. The predicted octanol–water partition coefficient (Wildman–Crippen LogP) is 2.07. The van der Waals surface area contributed by atoms with Gasteiger partial charge in [-0.05, 0) is 25.5 Å². The van der Waals surface area contributed by atoms with E-state index in [1.807, 2.05) is 0 Å². The number of hydrogen-bond acceptors (Lipinski definition) is 4. The summed E-state index contributed by atoms with van der Waals surface area (Å²) in [6, 6.07) is 0. The Labute approximate surface area is 113 Å². The quantitative estimate of drug-likeness (QED) is 0.444. The lowest BCUT2D eigenvalue weighted by Gasteiger charge is -2.42. The topological polar surface area (TPSA) is 70.3 Å². The third-order valence-electron chi connectivity index (χ3n) is 3.27. The van der Waals surface area contributed by atoms with Gasteiger partial charge in [0.2, 0.25) is 0 Å². The van der Waals surface area contributed by atoms with E-state index in [1.165, 1.54) is 18.6 Å². The number of carbonyl (C=O) groups is 1. The highest BCUT2D eigenvalue weighted by Gasteiger charge is 2.47. The van der Waals surface area contributed by atoms with Crippen LogP contribution in [0.1, 0.15) is 34.1 Å². The van der Waals surface area contributed by atoms with Gasteiger partial charge in [0.15, 0.2) is 11.4 Å². The molecule has 100 valence electrons. The van der Waals surface area contributed by atoms with Gasteiger partial charge in [0.05, 0.1) is 0 Å². The highest BCUT2D eigenvalue weighted by molar-refractivity contribution is 5.93. The van der Waals surface area contributed by atoms with Crippen molar-refractivity contribution in [2.45, 2.75) is 39.7 Å². The van der Waals surface area contributed by atoms with Crippen LogP contribution in [0.25, 0.3) is 0 Å². The molecule has 0 saturated heterocycles. The normalized spacial score (nSPS) is 25.8. The van der Waals surface area contributed by atoms with Crippen molar-refractivity contribution in [2.75, 3.05) is 0 Å². The Bertz CT molecular complexity index is 552. The van der Waals surface area contributed by atoms with Gasteiger partial charge < -0.3 is 9.84 Å². The summed E-state index contributed by atoms with van der Waals surface area (Å²) in [4.78, 5) is 11.6. The lowest BCUT2D eigenvalue weighted by molar-refractivity contribution is -0.121. The molecule has 0 fully saturated rings.